The molecule has 0 aromatic heterocycles. The van der Waals surface area contributed by atoms with Crippen molar-refractivity contribution in [2.45, 2.75) is 13.0 Å². The number of halogens is 2. The Morgan fingerprint density at radius 3 is 2.14 bits per heavy atom. The number of anilines is 1. The number of carbonyl (C=O) groups excluding carboxylic acids is 2. The van der Waals surface area contributed by atoms with E-state index in [0.717, 1.165) is 5.56 Å². The van der Waals surface area contributed by atoms with Gasteiger partial charge in [-0.3, -0.25) is 14.5 Å². The molecule has 36 heavy (non-hydrogen) atoms. The summed E-state index contributed by atoms with van der Waals surface area (Å²) in [6.45, 7) is 1.90. The quantitative estimate of drug-likeness (QED) is 0.242. The van der Waals surface area contributed by atoms with Crippen LogP contribution in [0.2, 0.25) is 10.0 Å². The van der Waals surface area contributed by atoms with Crippen LogP contribution in [0.25, 0.3) is 5.76 Å². The Kier molecular flexibility index (Phi) is 7.15. The Balaban J connectivity index is 2.00. The number of ketones is 1. The first-order valence-corrected chi connectivity index (χ1v) is 11.6. The van der Waals surface area contributed by atoms with Gasteiger partial charge >= 0.3 is 0 Å². The fourth-order valence-electron chi connectivity index (χ4n) is 4.25. The SMILES string of the molecule is COc1ccc(N2C(=O)C(=O)/C(=C(/O)c3cc(OC)c(Cl)cc3OC)C2c2cccc(C)c2)cc1Cl. The number of ether oxygens (including phenoxy) is 3. The van der Waals surface area contributed by atoms with E-state index >= 15 is 0 Å². The molecule has 0 bridgehead atoms. The highest BCUT2D eigenvalue weighted by Gasteiger charge is 2.47. The van der Waals surface area contributed by atoms with Crippen LogP contribution in [0.3, 0.4) is 0 Å². The molecule has 0 aliphatic carbocycles. The summed E-state index contributed by atoms with van der Waals surface area (Å²) in [5.74, 6) is -1.20. The van der Waals surface area contributed by atoms with Gasteiger partial charge in [0.2, 0.25) is 0 Å². The second-order valence-electron chi connectivity index (χ2n) is 8.09. The van der Waals surface area contributed by atoms with Crippen LogP contribution < -0.4 is 19.1 Å². The molecule has 1 saturated heterocycles. The van der Waals surface area contributed by atoms with Gasteiger partial charge in [0.25, 0.3) is 11.7 Å². The van der Waals surface area contributed by atoms with Gasteiger partial charge in [0.05, 0.1) is 48.6 Å². The van der Waals surface area contributed by atoms with Gasteiger partial charge in [0.15, 0.2) is 0 Å². The third-order valence-electron chi connectivity index (χ3n) is 5.94. The molecule has 1 aliphatic rings. The smallest absolute Gasteiger partial charge is 0.300 e. The van der Waals surface area contributed by atoms with Gasteiger partial charge in [0, 0.05) is 11.8 Å². The molecule has 9 heteroatoms. The number of methoxy groups -OCH3 is 3. The first-order valence-electron chi connectivity index (χ1n) is 10.8. The van der Waals surface area contributed by atoms with E-state index in [-0.39, 0.29) is 32.7 Å². The van der Waals surface area contributed by atoms with Crippen molar-refractivity contribution in [3.05, 3.63) is 86.9 Å². The molecule has 1 fully saturated rings. The van der Waals surface area contributed by atoms with Gasteiger partial charge in [-0.1, -0.05) is 53.0 Å². The molecule has 4 rings (SSSR count). The molecule has 1 heterocycles. The molecular formula is C27H23Cl2NO6. The van der Waals surface area contributed by atoms with Crippen LogP contribution in [0.5, 0.6) is 17.2 Å². The van der Waals surface area contributed by atoms with Crippen molar-refractivity contribution in [2.24, 2.45) is 0 Å². The van der Waals surface area contributed by atoms with E-state index in [1.807, 2.05) is 25.1 Å². The van der Waals surface area contributed by atoms with Gasteiger partial charge in [-0.15, -0.1) is 0 Å². The first kappa shape index (κ1) is 25.4. The van der Waals surface area contributed by atoms with Crippen molar-refractivity contribution in [1.82, 2.24) is 0 Å². The number of hydrogen-bond donors (Lipinski definition) is 1. The summed E-state index contributed by atoms with van der Waals surface area (Å²) < 4.78 is 15.9. The molecule has 0 radical (unpaired) electrons. The zero-order chi connectivity index (χ0) is 26.1. The Labute approximate surface area is 218 Å². The number of Topliss-reactive ketones (excluding diaryl/α,β-unsaturated/α-hetero) is 1. The summed E-state index contributed by atoms with van der Waals surface area (Å²) in [6.07, 6.45) is 0. The van der Waals surface area contributed by atoms with Crippen molar-refractivity contribution in [3.8, 4) is 17.2 Å². The van der Waals surface area contributed by atoms with Crippen molar-refractivity contribution in [2.75, 3.05) is 26.2 Å². The molecule has 1 atom stereocenters. The van der Waals surface area contributed by atoms with Crippen LogP contribution >= 0.6 is 23.2 Å². The minimum Gasteiger partial charge on any atom is -0.507 e. The van der Waals surface area contributed by atoms with E-state index in [9.17, 15) is 14.7 Å². The highest BCUT2D eigenvalue weighted by Crippen LogP contribution is 2.45. The number of aliphatic hydroxyl groups is 1. The van der Waals surface area contributed by atoms with Crippen LogP contribution in [-0.4, -0.2) is 38.1 Å². The maximum absolute atomic E-state index is 13.4. The monoisotopic (exact) mass is 527 g/mol. The third kappa shape index (κ3) is 4.36. The van der Waals surface area contributed by atoms with Gasteiger partial charge in [-0.2, -0.15) is 0 Å². The Bertz CT molecular complexity index is 1400. The lowest BCUT2D eigenvalue weighted by Gasteiger charge is -2.26. The number of carbonyl (C=O) groups is 2. The highest BCUT2D eigenvalue weighted by molar-refractivity contribution is 6.52. The molecular weight excluding hydrogens is 505 g/mol. The number of aryl methyl sites for hydroxylation is 1. The number of amides is 1. The van der Waals surface area contributed by atoms with E-state index in [0.29, 0.717) is 17.0 Å². The van der Waals surface area contributed by atoms with E-state index in [1.54, 1.807) is 24.3 Å². The predicted molar refractivity (Wildman–Crippen MR) is 139 cm³/mol. The summed E-state index contributed by atoms with van der Waals surface area (Å²) >= 11 is 12.6. The molecule has 1 aliphatic heterocycles. The number of benzene rings is 3. The average molecular weight is 528 g/mol. The lowest BCUT2D eigenvalue weighted by atomic mass is 9.94. The third-order valence-corrected chi connectivity index (χ3v) is 6.54. The minimum absolute atomic E-state index is 0.111. The van der Waals surface area contributed by atoms with Gasteiger partial charge in [0.1, 0.15) is 23.0 Å². The second-order valence-corrected chi connectivity index (χ2v) is 8.90. The summed E-state index contributed by atoms with van der Waals surface area (Å²) in [4.78, 5) is 28.1. The highest BCUT2D eigenvalue weighted by atomic mass is 35.5. The topological polar surface area (TPSA) is 85.3 Å². The Hall–Kier alpha value is -3.68. The van der Waals surface area contributed by atoms with Crippen LogP contribution in [0, 0.1) is 6.92 Å². The predicted octanol–water partition coefficient (Wildman–Crippen LogP) is 5.95. The fourth-order valence-corrected chi connectivity index (χ4v) is 4.73. The van der Waals surface area contributed by atoms with Crippen molar-refractivity contribution in [1.29, 1.82) is 0 Å². The molecule has 3 aromatic rings. The number of rotatable bonds is 6. The van der Waals surface area contributed by atoms with E-state index in [4.69, 9.17) is 37.4 Å². The van der Waals surface area contributed by atoms with Crippen LogP contribution in [0.1, 0.15) is 22.7 Å². The summed E-state index contributed by atoms with van der Waals surface area (Å²) in [7, 11) is 4.31. The van der Waals surface area contributed by atoms with Crippen molar-refractivity contribution < 1.29 is 28.9 Å². The molecule has 1 unspecified atom stereocenters. The minimum atomic E-state index is -0.944. The second kappa shape index (κ2) is 10.1. The number of hydrogen-bond acceptors (Lipinski definition) is 6. The molecule has 0 saturated carbocycles. The van der Waals surface area contributed by atoms with Crippen LogP contribution in [0.15, 0.2) is 60.2 Å². The van der Waals surface area contributed by atoms with Gasteiger partial charge < -0.3 is 19.3 Å². The summed E-state index contributed by atoms with van der Waals surface area (Å²) in [6, 6.07) is 14.1. The summed E-state index contributed by atoms with van der Waals surface area (Å²) in [5.41, 5.74) is 1.95. The number of aliphatic hydroxyl groups excluding tert-OH is 1. The molecule has 0 spiro atoms. The largest absolute Gasteiger partial charge is 0.507 e. The average Bonchev–Trinajstić information content (AvgIpc) is 3.13. The molecule has 7 nitrogen and oxygen atoms in total. The molecule has 186 valence electrons. The first-order chi connectivity index (χ1) is 17.2. The normalized spacial score (nSPS) is 16.8. The lowest BCUT2D eigenvalue weighted by molar-refractivity contribution is -0.132. The van der Waals surface area contributed by atoms with E-state index in [1.165, 1.54) is 38.4 Å². The zero-order valence-electron chi connectivity index (χ0n) is 20.0. The van der Waals surface area contributed by atoms with Gasteiger partial charge in [-0.05, 0) is 36.8 Å². The van der Waals surface area contributed by atoms with E-state index in [2.05, 4.69) is 0 Å². The maximum Gasteiger partial charge on any atom is 0.300 e. The van der Waals surface area contributed by atoms with Gasteiger partial charge in [-0.25, -0.2) is 0 Å². The lowest BCUT2D eigenvalue weighted by Crippen LogP contribution is -2.29. The van der Waals surface area contributed by atoms with Crippen LogP contribution in [-0.2, 0) is 9.59 Å². The Morgan fingerprint density at radius 1 is 0.861 bits per heavy atom. The molecule has 3 aromatic carbocycles. The summed E-state index contributed by atoms with van der Waals surface area (Å²) in [5, 5.41) is 12.0. The van der Waals surface area contributed by atoms with E-state index < -0.39 is 23.5 Å². The van der Waals surface area contributed by atoms with Crippen molar-refractivity contribution >= 4 is 46.3 Å². The number of nitrogens with zero attached hydrogens (tertiary/aromatic N) is 1. The van der Waals surface area contributed by atoms with Crippen LogP contribution in [0.4, 0.5) is 5.69 Å². The zero-order valence-corrected chi connectivity index (χ0v) is 21.5. The maximum atomic E-state index is 13.4. The fraction of sp³-hybridized carbons (Fsp3) is 0.185. The molecule has 1 amide bonds. The molecule has 1 N–H and O–H groups in total. The Morgan fingerprint density at radius 2 is 1.53 bits per heavy atom. The van der Waals surface area contributed by atoms with Crippen molar-refractivity contribution in [3.63, 3.8) is 0 Å². The standard InChI is InChI=1S/C27H23Cl2NO6/c1-14-6-5-7-15(10-14)24-23(25(31)17-12-22(36-4)19(29)13-21(17)35-3)26(32)27(33)30(24)16-8-9-20(34-2)18(28)11-16/h5-13,24,31H,1-4H3/b25-23+.